The van der Waals surface area contributed by atoms with Crippen LogP contribution >= 0.6 is 22.7 Å². The summed E-state index contributed by atoms with van der Waals surface area (Å²) in [7, 11) is 3.22. The Morgan fingerprint density at radius 2 is 2.00 bits per heavy atom. The number of rotatable bonds is 10. The van der Waals surface area contributed by atoms with Gasteiger partial charge in [0.05, 0.1) is 23.9 Å². The Kier molecular flexibility index (Phi) is 7.83. The minimum absolute atomic E-state index is 0.00405. The summed E-state index contributed by atoms with van der Waals surface area (Å²) in [6, 6.07) is 6.54. The lowest BCUT2D eigenvalue weighted by molar-refractivity contribution is -0.116. The zero-order valence-electron chi connectivity index (χ0n) is 20.2. The smallest absolute Gasteiger partial charge is 0.316 e. The Labute approximate surface area is 217 Å². The zero-order valence-corrected chi connectivity index (χ0v) is 21.9. The van der Waals surface area contributed by atoms with Gasteiger partial charge in [0.15, 0.2) is 0 Å². The van der Waals surface area contributed by atoms with Gasteiger partial charge in [0.2, 0.25) is 5.91 Å². The van der Waals surface area contributed by atoms with Crippen LogP contribution in [0, 0.1) is 0 Å². The first-order valence-corrected chi connectivity index (χ1v) is 13.4. The van der Waals surface area contributed by atoms with Gasteiger partial charge >= 0.3 is 6.01 Å². The molecule has 36 heavy (non-hydrogen) atoms. The molecule has 1 aliphatic rings. The highest BCUT2D eigenvalue weighted by Gasteiger charge is 2.25. The number of amides is 1. The largest absolute Gasteiger partial charge is 0.467 e. The minimum Gasteiger partial charge on any atom is -0.467 e. The van der Waals surface area contributed by atoms with Crippen LogP contribution in [0.1, 0.15) is 16.9 Å². The van der Waals surface area contributed by atoms with Crippen LogP contribution in [0.3, 0.4) is 0 Å². The molecule has 0 aliphatic carbocycles. The summed E-state index contributed by atoms with van der Waals surface area (Å²) in [4.78, 5) is 27.4. The number of thiophene rings is 1. The maximum absolute atomic E-state index is 12.7. The van der Waals surface area contributed by atoms with Crippen molar-refractivity contribution < 1.29 is 14.3 Å². The van der Waals surface area contributed by atoms with Crippen LogP contribution in [0.2, 0.25) is 0 Å². The van der Waals surface area contributed by atoms with Gasteiger partial charge in [0, 0.05) is 61.6 Å². The van der Waals surface area contributed by atoms with Crippen molar-refractivity contribution in [3.63, 3.8) is 0 Å². The van der Waals surface area contributed by atoms with Crippen molar-refractivity contribution in [1.29, 1.82) is 0 Å². The van der Waals surface area contributed by atoms with E-state index >= 15 is 0 Å². The number of carbonyl (C=O) groups is 1. The lowest BCUT2D eigenvalue weighted by Gasteiger charge is -2.13. The molecule has 0 atom stereocenters. The second-order valence-electron chi connectivity index (χ2n) is 8.34. The summed E-state index contributed by atoms with van der Waals surface area (Å²) in [5, 5.41) is 11.6. The highest BCUT2D eigenvalue weighted by Crippen LogP contribution is 2.45. The molecule has 1 aliphatic heterocycles. The maximum Gasteiger partial charge on any atom is 0.316 e. The van der Waals surface area contributed by atoms with E-state index in [0.717, 1.165) is 63.0 Å². The fraction of sp³-hybridized carbons (Fsp3) is 0.360. The Morgan fingerprint density at radius 1 is 1.14 bits per heavy atom. The standard InChI is InChI=1S/C25H28N6O3S2/c1-33-10-9-26-8-6-21(32)31-24-22(17-5-7-27-14-20(17)36-24)23-30-18-11-15(3-4-19(18)35-23)16-12-28-25(34-2)29-13-16/h3-4,11-13,26-27H,5-10,14H2,1-2H3,(H,31,32). The van der Waals surface area contributed by atoms with Gasteiger partial charge in [-0.2, -0.15) is 0 Å². The van der Waals surface area contributed by atoms with E-state index in [0.29, 0.717) is 25.6 Å². The Bertz CT molecular complexity index is 1350. The Morgan fingerprint density at radius 3 is 2.81 bits per heavy atom. The van der Waals surface area contributed by atoms with Crippen LogP contribution in [0.25, 0.3) is 31.9 Å². The lowest BCUT2D eigenvalue weighted by atomic mass is 10.0. The van der Waals surface area contributed by atoms with E-state index in [2.05, 4.69) is 44.1 Å². The van der Waals surface area contributed by atoms with Gasteiger partial charge in [0.1, 0.15) is 10.0 Å². The van der Waals surface area contributed by atoms with E-state index in [9.17, 15) is 4.79 Å². The highest BCUT2D eigenvalue weighted by molar-refractivity contribution is 7.23. The molecule has 0 unspecified atom stereocenters. The number of carbonyl (C=O) groups excluding carboxylic acids is 1. The van der Waals surface area contributed by atoms with Crippen molar-refractivity contribution in [3.8, 4) is 27.7 Å². The Balaban J connectivity index is 1.42. The van der Waals surface area contributed by atoms with Gasteiger partial charge < -0.3 is 25.4 Å². The van der Waals surface area contributed by atoms with E-state index in [-0.39, 0.29) is 5.91 Å². The van der Waals surface area contributed by atoms with Crippen LogP contribution < -0.4 is 20.7 Å². The van der Waals surface area contributed by atoms with Crippen molar-refractivity contribution >= 4 is 43.8 Å². The number of benzene rings is 1. The summed E-state index contributed by atoms with van der Waals surface area (Å²) >= 11 is 3.30. The zero-order chi connectivity index (χ0) is 24.9. The van der Waals surface area contributed by atoms with E-state index < -0.39 is 0 Å². The summed E-state index contributed by atoms with van der Waals surface area (Å²) in [6.07, 6.45) is 4.82. The molecule has 0 saturated heterocycles. The molecule has 3 aromatic heterocycles. The van der Waals surface area contributed by atoms with Crippen LogP contribution in [0.4, 0.5) is 5.00 Å². The summed E-state index contributed by atoms with van der Waals surface area (Å²) in [5.74, 6) is -0.00405. The SMILES string of the molecule is COCCNCCC(=O)Nc1sc2c(c1-c1nc3cc(-c4cnc(OC)nc4)ccc3s1)CCNC2. The molecule has 0 saturated carbocycles. The number of hydrogen-bond donors (Lipinski definition) is 3. The first-order chi connectivity index (χ1) is 17.7. The van der Waals surface area contributed by atoms with E-state index in [4.69, 9.17) is 14.5 Å². The molecule has 3 N–H and O–H groups in total. The number of hydrogen-bond acceptors (Lipinski definition) is 10. The maximum atomic E-state index is 12.7. The third-order valence-electron chi connectivity index (χ3n) is 5.94. The monoisotopic (exact) mass is 524 g/mol. The molecule has 1 amide bonds. The molecule has 11 heteroatoms. The number of methoxy groups -OCH3 is 2. The molecule has 4 heterocycles. The Hall–Kier alpha value is -2.96. The quantitative estimate of drug-likeness (QED) is 0.270. The van der Waals surface area contributed by atoms with Crippen LogP contribution in [-0.2, 0) is 22.5 Å². The number of thiazole rings is 1. The van der Waals surface area contributed by atoms with Gasteiger partial charge in [-0.15, -0.1) is 22.7 Å². The summed E-state index contributed by atoms with van der Waals surface area (Å²) in [5.41, 5.74) is 5.16. The second kappa shape index (κ2) is 11.4. The topological polar surface area (TPSA) is 110 Å². The molecule has 1 aromatic carbocycles. The van der Waals surface area contributed by atoms with Crippen molar-refractivity contribution in [3.05, 3.63) is 41.0 Å². The second-order valence-corrected chi connectivity index (χ2v) is 10.5. The molecule has 0 spiro atoms. The number of nitrogens with zero attached hydrogens (tertiary/aromatic N) is 3. The summed E-state index contributed by atoms with van der Waals surface area (Å²) < 4.78 is 11.2. The molecule has 9 nitrogen and oxygen atoms in total. The molecular formula is C25H28N6O3S2. The van der Waals surface area contributed by atoms with Crippen molar-refractivity contribution in [2.45, 2.75) is 19.4 Å². The molecule has 0 radical (unpaired) electrons. The predicted molar refractivity (Wildman–Crippen MR) is 144 cm³/mol. The predicted octanol–water partition coefficient (Wildman–Crippen LogP) is 3.70. The molecule has 0 bridgehead atoms. The molecule has 5 rings (SSSR count). The van der Waals surface area contributed by atoms with E-state index in [1.165, 1.54) is 10.4 Å². The third-order valence-corrected chi connectivity index (χ3v) is 8.14. The molecule has 4 aromatic rings. The van der Waals surface area contributed by atoms with Crippen molar-refractivity contribution in [2.24, 2.45) is 0 Å². The number of fused-ring (bicyclic) bond motifs is 2. The fourth-order valence-corrected chi connectivity index (χ4v) is 6.45. The number of anilines is 1. The van der Waals surface area contributed by atoms with Crippen molar-refractivity contribution in [2.75, 3.05) is 45.8 Å². The lowest BCUT2D eigenvalue weighted by Crippen LogP contribution is -2.24. The number of ether oxygens (including phenoxy) is 2. The van der Waals surface area contributed by atoms with Crippen LogP contribution in [0.15, 0.2) is 30.6 Å². The molecule has 0 fully saturated rings. The molecule has 188 valence electrons. The first kappa shape index (κ1) is 24.7. The summed E-state index contributed by atoms with van der Waals surface area (Å²) in [6.45, 7) is 3.69. The van der Waals surface area contributed by atoms with E-state index in [1.54, 1.807) is 49.3 Å². The van der Waals surface area contributed by atoms with Crippen LogP contribution in [0.5, 0.6) is 6.01 Å². The number of aromatic nitrogens is 3. The van der Waals surface area contributed by atoms with Gasteiger partial charge in [-0.3, -0.25) is 4.79 Å². The van der Waals surface area contributed by atoms with Crippen molar-refractivity contribution in [1.82, 2.24) is 25.6 Å². The average Bonchev–Trinajstić information content (AvgIpc) is 3.48. The normalized spacial score (nSPS) is 13.1. The minimum atomic E-state index is -0.00405. The fourth-order valence-electron chi connectivity index (χ4n) is 4.12. The first-order valence-electron chi connectivity index (χ1n) is 11.8. The molecular weight excluding hydrogens is 496 g/mol. The third kappa shape index (κ3) is 5.40. The number of nitrogens with one attached hydrogen (secondary N) is 3. The van der Waals surface area contributed by atoms with Gasteiger partial charge in [-0.05, 0) is 36.2 Å². The van der Waals surface area contributed by atoms with Gasteiger partial charge in [-0.25, -0.2) is 15.0 Å². The van der Waals surface area contributed by atoms with Crippen LogP contribution in [-0.4, -0.2) is 61.3 Å². The van der Waals surface area contributed by atoms with Gasteiger partial charge in [0.25, 0.3) is 0 Å². The van der Waals surface area contributed by atoms with E-state index in [1.807, 2.05) is 0 Å². The highest BCUT2D eigenvalue weighted by atomic mass is 32.1. The average molecular weight is 525 g/mol. The van der Waals surface area contributed by atoms with Gasteiger partial charge in [-0.1, -0.05) is 6.07 Å².